The van der Waals surface area contributed by atoms with Crippen molar-refractivity contribution in [2.24, 2.45) is 0 Å². The number of thiophene rings is 1. The van der Waals surface area contributed by atoms with Crippen molar-refractivity contribution in [1.29, 1.82) is 0 Å². The molecule has 0 aliphatic rings. The van der Waals surface area contributed by atoms with Gasteiger partial charge in [0, 0.05) is 6.54 Å². The van der Waals surface area contributed by atoms with Gasteiger partial charge in [0.1, 0.15) is 11.3 Å². The molecule has 0 saturated carbocycles. The van der Waals surface area contributed by atoms with E-state index in [0.29, 0.717) is 12.2 Å². The lowest BCUT2D eigenvalue weighted by Crippen LogP contribution is -2.24. The lowest BCUT2D eigenvalue weighted by molar-refractivity contribution is 0.0952. The number of hydrogen-bond donors (Lipinski definition) is 2. The van der Waals surface area contributed by atoms with Gasteiger partial charge in [0.15, 0.2) is 0 Å². The molecule has 0 atom stereocenters. The van der Waals surface area contributed by atoms with Crippen LogP contribution in [-0.4, -0.2) is 11.1 Å². The molecule has 0 aliphatic heterocycles. The van der Waals surface area contributed by atoms with E-state index in [9.17, 15) is 4.79 Å². The van der Waals surface area contributed by atoms with E-state index in [1.54, 1.807) is 0 Å². The number of nitrogens with zero attached hydrogens (tertiary/aromatic N) is 1. The fourth-order valence-electron chi connectivity index (χ4n) is 2.20. The average molecular weight is 392 g/mol. The van der Waals surface area contributed by atoms with Crippen molar-refractivity contribution in [1.82, 2.24) is 10.5 Å². The number of benzene rings is 1. The van der Waals surface area contributed by atoms with Gasteiger partial charge in [0.25, 0.3) is 5.91 Å². The number of aryl methyl sites for hydroxylation is 1. The van der Waals surface area contributed by atoms with Crippen molar-refractivity contribution in [2.45, 2.75) is 13.5 Å². The molecule has 7 heteroatoms. The summed E-state index contributed by atoms with van der Waals surface area (Å²) in [6.45, 7) is 2.42. The van der Waals surface area contributed by atoms with Crippen LogP contribution in [0.15, 0.2) is 44.7 Å². The van der Waals surface area contributed by atoms with Crippen LogP contribution in [0.2, 0.25) is 0 Å². The number of rotatable bonds is 4. The van der Waals surface area contributed by atoms with Gasteiger partial charge in [-0.05, 0) is 46.1 Å². The third-order valence-electron chi connectivity index (χ3n) is 3.45. The normalized spacial score (nSPS) is 10.7. The minimum absolute atomic E-state index is 0.0202. The van der Waals surface area contributed by atoms with Crippen molar-refractivity contribution in [2.75, 3.05) is 5.73 Å². The Morgan fingerprint density at radius 2 is 2.13 bits per heavy atom. The summed E-state index contributed by atoms with van der Waals surface area (Å²) in [4.78, 5) is 13.3. The molecule has 3 aromatic rings. The highest BCUT2D eigenvalue weighted by Gasteiger charge is 2.23. The van der Waals surface area contributed by atoms with E-state index in [0.717, 1.165) is 19.8 Å². The molecule has 0 saturated heterocycles. The van der Waals surface area contributed by atoms with Gasteiger partial charge in [0.2, 0.25) is 5.88 Å². The number of carbonyl (C=O) groups excluding carboxylic acids is 1. The first-order chi connectivity index (χ1) is 11.1. The second-order valence-corrected chi connectivity index (χ2v) is 7.45. The Morgan fingerprint density at radius 1 is 1.35 bits per heavy atom. The third-order valence-corrected chi connectivity index (χ3v) is 5.08. The molecule has 0 fully saturated rings. The molecule has 0 spiro atoms. The lowest BCUT2D eigenvalue weighted by atomic mass is 10.1. The quantitative estimate of drug-likeness (QED) is 0.704. The van der Waals surface area contributed by atoms with Crippen LogP contribution in [0.4, 0.5) is 5.88 Å². The van der Waals surface area contributed by atoms with Crippen molar-refractivity contribution in [3.8, 4) is 10.6 Å². The van der Waals surface area contributed by atoms with Crippen molar-refractivity contribution >= 4 is 39.1 Å². The zero-order chi connectivity index (χ0) is 16.4. The van der Waals surface area contributed by atoms with Crippen molar-refractivity contribution in [3.63, 3.8) is 0 Å². The van der Waals surface area contributed by atoms with E-state index in [-0.39, 0.29) is 17.4 Å². The van der Waals surface area contributed by atoms with E-state index in [1.165, 1.54) is 11.3 Å². The number of halogens is 1. The van der Waals surface area contributed by atoms with Gasteiger partial charge in [0.05, 0.1) is 8.66 Å². The molecular formula is C16H14BrN3O2S. The molecule has 2 aromatic heterocycles. The predicted molar refractivity (Wildman–Crippen MR) is 94.3 cm³/mol. The van der Waals surface area contributed by atoms with E-state index in [2.05, 4.69) is 26.4 Å². The van der Waals surface area contributed by atoms with E-state index in [4.69, 9.17) is 10.3 Å². The van der Waals surface area contributed by atoms with Gasteiger partial charge in [-0.15, -0.1) is 11.3 Å². The Hall–Kier alpha value is -2.12. The summed E-state index contributed by atoms with van der Waals surface area (Å²) < 4.78 is 5.96. The third kappa shape index (κ3) is 3.30. The van der Waals surface area contributed by atoms with Crippen LogP contribution in [0.3, 0.4) is 0 Å². The summed E-state index contributed by atoms with van der Waals surface area (Å²) in [7, 11) is 0. The summed E-state index contributed by atoms with van der Waals surface area (Å²) in [5.74, 6) is -0.279. The Morgan fingerprint density at radius 3 is 2.83 bits per heavy atom. The topological polar surface area (TPSA) is 81.2 Å². The molecule has 0 bridgehead atoms. The fraction of sp³-hybridized carbons (Fsp3) is 0.125. The molecule has 118 valence electrons. The number of aromatic nitrogens is 1. The highest BCUT2D eigenvalue weighted by Crippen LogP contribution is 2.34. The average Bonchev–Trinajstić information content (AvgIpc) is 3.12. The van der Waals surface area contributed by atoms with Crippen LogP contribution in [0.1, 0.15) is 21.5 Å². The van der Waals surface area contributed by atoms with Gasteiger partial charge in [-0.2, -0.15) is 0 Å². The number of hydrogen-bond acceptors (Lipinski definition) is 5. The first-order valence-electron chi connectivity index (χ1n) is 6.90. The highest BCUT2D eigenvalue weighted by atomic mass is 79.9. The first kappa shape index (κ1) is 15.8. The number of anilines is 1. The maximum Gasteiger partial charge on any atom is 0.259 e. The Balaban J connectivity index is 1.83. The number of nitrogens with two attached hydrogens (primary N) is 1. The Labute approximate surface area is 145 Å². The molecule has 0 unspecified atom stereocenters. The molecule has 3 rings (SSSR count). The Bertz CT molecular complexity index is 857. The van der Waals surface area contributed by atoms with Gasteiger partial charge >= 0.3 is 0 Å². The summed E-state index contributed by atoms with van der Waals surface area (Å²) in [6.07, 6.45) is 0. The summed E-state index contributed by atoms with van der Waals surface area (Å²) >= 11 is 4.86. The largest absolute Gasteiger partial charge is 0.367 e. The standard InChI is InChI=1S/C16H14BrN3O2S/c1-9-4-2-3-5-10(9)8-19-16(21)13-14(20-22-15(13)18)11-6-7-12(17)23-11/h2-7H,8,18H2,1H3,(H,19,21). The van der Waals surface area contributed by atoms with Crippen LogP contribution >= 0.6 is 27.3 Å². The maximum absolute atomic E-state index is 12.5. The van der Waals surface area contributed by atoms with Gasteiger partial charge in [-0.25, -0.2) is 0 Å². The van der Waals surface area contributed by atoms with Crippen LogP contribution in [0, 0.1) is 6.92 Å². The van der Waals surface area contributed by atoms with Gasteiger partial charge in [-0.1, -0.05) is 29.4 Å². The Kier molecular flexibility index (Phi) is 4.49. The SMILES string of the molecule is Cc1ccccc1CNC(=O)c1c(-c2ccc(Br)s2)noc1N. The molecule has 0 aliphatic carbocycles. The second kappa shape index (κ2) is 6.55. The monoisotopic (exact) mass is 391 g/mol. The summed E-state index contributed by atoms with van der Waals surface area (Å²) in [6, 6.07) is 11.6. The predicted octanol–water partition coefficient (Wildman–Crippen LogP) is 3.99. The minimum atomic E-state index is -0.300. The number of carbonyl (C=O) groups is 1. The second-order valence-electron chi connectivity index (χ2n) is 4.98. The lowest BCUT2D eigenvalue weighted by Gasteiger charge is -2.07. The number of amides is 1. The molecular weight excluding hydrogens is 378 g/mol. The molecule has 1 amide bonds. The zero-order valence-electron chi connectivity index (χ0n) is 12.3. The molecule has 23 heavy (non-hydrogen) atoms. The molecule has 2 heterocycles. The minimum Gasteiger partial charge on any atom is -0.367 e. The van der Waals surface area contributed by atoms with E-state index >= 15 is 0 Å². The van der Waals surface area contributed by atoms with Gasteiger partial charge in [-0.3, -0.25) is 4.79 Å². The summed E-state index contributed by atoms with van der Waals surface area (Å²) in [5, 5.41) is 6.80. The maximum atomic E-state index is 12.5. The first-order valence-corrected chi connectivity index (χ1v) is 8.50. The number of nitrogen functional groups attached to an aromatic ring is 1. The summed E-state index contributed by atoms with van der Waals surface area (Å²) in [5.41, 5.74) is 8.69. The molecule has 5 nitrogen and oxygen atoms in total. The van der Waals surface area contributed by atoms with Crippen LogP contribution in [-0.2, 0) is 6.54 Å². The fourth-order valence-corrected chi connectivity index (χ4v) is 3.58. The smallest absolute Gasteiger partial charge is 0.259 e. The molecule has 3 N–H and O–H groups in total. The van der Waals surface area contributed by atoms with Crippen LogP contribution in [0.5, 0.6) is 0 Å². The van der Waals surface area contributed by atoms with Crippen LogP contribution in [0.25, 0.3) is 10.6 Å². The highest BCUT2D eigenvalue weighted by molar-refractivity contribution is 9.11. The van der Waals surface area contributed by atoms with Crippen molar-refractivity contribution < 1.29 is 9.32 Å². The van der Waals surface area contributed by atoms with E-state index in [1.807, 2.05) is 43.3 Å². The van der Waals surface area contributed by atoms with Crippen LogP contribution < -0.4 is 11.1 Å². The van der Waals surface area contributed by atoms with Gasteiger partial charge < -0.3 is 15.6 Å². The molecule has 0 radical (unpaired) electrons. The van der Waals surface area contributed by atoms with Crippen molar-refractivity contribution in [3.05, 3.63) is 56.9 Å². The zero-order valence-corrected chi connectivity index (χ0v) is 14.7. The molecule has 1 aromatic carbocycles. The van der Waals surface area contributed by atoms with E-state index < -0.39 is 0 Å². The number of nitrogens with one attached hydrogen (secondary N) is 1.